The molecule has 1 aliphatic heterocycles. The van der Waals surface area contributed by atoms with Crippen molar-refractivity contribution in [3.8, 4) is 5.75 Å². The van der Waals surface area contributed by atoms with Crippen molar-refractivity contribution in [1.29, 1.82) is 0 Å². The van der Waals surface area contributed by atoms with Crippen molar-refractivity contribution in [2.75, 3.05) is 20.3 Å². The lowest BCUT2D eigenvalue weighted by Crippen LogP contribution is -2.16. The van der Waals surface area contributed by atoms with Crippen LogP contribution in [0.3, 0.4) is 0 Å². The highest BCUT2D eigenvalue weighted by molar-refractivity contribution is 9.10. The second-order valence-corrected chi connectivity index (χ2v) is 4.69. The van der Waals surface area contributed by atoms with Gasteiger partial charge in [0.05, 0.1) is 25.9 Å². The van der Waals surface area contributed by atoms with E-state index < -0.39 is 0 Å². The molecule has 1 aromatic rings. The maximum absolute atomic E-state index is 11.4. The van der Waals surface area contributed by atoms with Gasteiger partial charge in [-0.1, -0.05) is 15.9 Å². The van der Waals surface area contributed by atoms with Crippen LogP contribution in [-0.2, 0) is 9.47 Å². The Balaban J connectivity index is 2.15. The number of halogens is 1. The number of benzene rings is 1. The molecule has 0 N–H and O–H groups in total. The highest BCUT2D eigenvalue weighted by Crippen LogP contribution is 2.24. The Morgan fingerprint density at radius 3 is 2.94 bits per heavy atom. The molecule has 4 nitrogen and oxygen atoms in total. The van der Waals surface area contributed by atoms with E-state index in [-0.39, 0.29) is 12.1 Å². The van der Waals surface area contributed by atoms with E-state index in [9.17, 15) is 4.79 Å². The van der Waals surface area contributed by atoms with E-state index in [1.807, 2.05) is 6.07 Å². The van der Waals surface area contributed by atoms with E-state index in [1.54, 1.807) is 12.1 Å². The highest BCUT2D eigenvalue weighted by atomic mass is 79.9. The Hall–Kier alpha value is -1.07. The molecule has 0 aromatic heterocycles. The van der Waals surface area contributed by atoms with E-state index in [0.29, 0.717) is 17.9 Å². The first kappa shape index (κ1) is 12.4. The van der Waals surface area contributed by atoms with Gasteiger partial charge in [0.15, 0.2) is 0 Å². The number of hydrogen-bond acceptors (Lipinski definition) is 4. The van der Waals surface area contributed by atoms with Crippen molar-refractivity contribution in [3.05, 3.63) is 28.2 Å². The van der Waals surface area contributed by atoms with Crippen LogP contribution < -0.4 is 4.74 Å². The summed E-state index contributed by atoms with van der Waals surface area (Å²) in [6.45, 7) is 1.32. The summed E-state index contributed by atoms with van der Waals surface area (Å²) in [7, 11) is 1.36. The van der Waals surface area contributed by atoms with Gasteiger partial charge in [0, 0.05) is 10.9 Å². The minimum Gasteiger partial charge on any atom is -0.488 e. The van der Waals surface area contributed by atoms with Gasteiger partial charge in [0.25, 0.3) is 0 Å². The molecule has 0 aliphatic carbocycles. The van der Waals surface area contributed by atoms with Gasteiger partial charge in [-0.15, -0.1) is 0 Å². The smallest absolute Gasteiger partial charge is 0.338 e. The molecule has 2 rings (SSSR count). The molecule has 1 atom stereocenters. The van der Waals surface area contributed by atoms with Gasteiger partial charge in [0.2, 0.25) is 0 Å². The first-order valence-electron chi connectivity index (χ1n) is 5.32. The lowest BCUT2D eigenvalue weighted by atomic mass is 10.2. The van der Waals surface area contributed by atoms with E-state index in [1.165, 1.54) is 7.11 Å². The third-order valence-corrected chi connectivity index (χ3v) is 2.94. The average molecular weight is 301 g/mol. The summed E-state index contributed by atoms with van der Waals surface area (Å²) in [6.07, 6.45) is 0.940. The van der Waals surface area contributed by atoms with Gasteiger partial charge in [-0.25, -0.2) is 4.79 Å². The van der Waals surface area contributed by atoms with Crippen LogP contribution in [0.15, 0.2) is 22.7 Å². The van der Waals surface area contributed by atoms with E-state index in [2.05, 4.69) is 20.7 Å². The number of carbonyl (C=O) groups excluding carboxylic acids is 1. The highest BCUT2D eigenvalue weighted by Gasteiger charge is 2.18. The fraction of sp³-hybridized carbons (Fsp3) is 0.417. The van der Waals surface area contributed by atoms with Crippen LogP contribution in [0.2, 0.25) is 0 Å². The quantitative estimate of drug-likeness (QED) is 0.804. The zero-order valence-electron chi connectivity index (χ0n) is 9.44. The van der Waals surface area contributed by atoms with Gasteiger partial charge >= 0.3 is 5.97 Å². The molecule has 0 radical (unpaired) electrons. The van der Waals surface area contributed by atoms with Crippen LogP contribution in [0.25, 0.3) is 0 Å². The van der Waals surface area contributed by atoms with Crippen LogP contribution in [0.1, 0.15) is 16.8 Å². The molecule has 1 heterocycles. The minimum absolute atomic E-state index is 0.0646. The predicted octanol–water partition coefficient (Wildman–Crippen LogP) is 2.40. The van der Waals surface area contributed by atoms with E-state index in [4.69, 9.17) is 9.47 Å². The van der Waals surface area contributed by atoms with Crippen LogP contribution >= 0.6 is 15.9 Å². The summed E-state index contributed by atoms with van der Waals surface area (Å²) in [4.78, 5) is 11.4. The second kappa shape index (κ2) is 5.51. The Morgan fingerprint density at radius 2 is 2.29 bits per heavy atom. The lowest BCUT2D eigenvalue weighted by molar-refractivity contribution is 0.0599. The summed E-state index contributed by atoms with van der Waals surface area (Å²) in [5.41, 5.74) is 0.468. The Labute approximate surface area is 108 Å². The van der Waals surface area contributed by atoms with E-state index >= 15 is 0 Å². The molecule has 1 saturated heterocycles. The number of hydrogen-bond donors (Lipinski definition) is 0. The standard InChI is InChI=1S/C12H13BrO4/c1-15-12(14)8-4-9(13)6-11(5-8)17-10-2-3-16-7-10/h4-6,10H,2-3,7H2,1H3. The minimum atomic E-state index is -0.376. The van der Waals surface area contributed by atoms with Crippen LogP contribution in [0.5, 0.6) is 5.75 Å². The van der Waals surface area contributed by atoms with Gasteiger partial charge in [0.1, 0.15) is 11.9 Å². The number of methoxy groups -OCH3 is 1. The Kier molecular flexibility index (Phi) is 4.02. The summed E-state index contributed by atoms with van der Waals surface area (Å²) in [5.74, 6) is 0.272. The van der Waals surface area contributed by atoms with Crippen molar-refractivity contribution >= 4 is 21.9 Å². The van der Waals surface area contributed by atoms with Gasteiger partial charge < -0.3 is 14.2 Å². The first-order valence-corrected chi connectivity index (χ1v) is 6.11. The number of carbonyl (C=O) groups is 1. The van der Waals surface area contributed by atoms with Crippen molar-refractivity contribution in [3.63, 3.8) is 0 Å². The topological polar surface area (TPSA) is 44.8 Å². The van der Waals surface area contributed by atoms with Crippen molar-refractivity contribution in [2.24, 2.45) is 0 Å². The summed E-state index contributed by atoms with van der Waals surface area (Å²) in [6, 6.07) is 5.20. The number of rotatable bonds is 3. The summed E-state index contributed by atoms with van der Waals surface area (Å²) < 4.78 is 16.4. The third-order valence-electron chi connectivity index (χ3n) is 2.48. The first-order chi connectivity index (χ1) is 8.19. The predicted molar refractivity (Wildman–Crippen MR) is 65.3 cm³/mol. The van der Waals surface area contributed by atoms with Crippen molar-refractivity contribution < 1.29 is 19.0 Å². The molecule has 17 heavy (non-hydrogen) atoms. The second-order valence-electron chi connectivity index (χ2n) is 3.77. The molecule has 92 valence electrons. The van der Waals surface area contributed by atoms with Crippen molar-refractivity contribution in [1.82, 2.24) is 0 Å². The monoisotopic (exact) mass is 300 g/mol. The zero-order chi connectivity index (χ0) is 12.3. The van der Waals surface area contributed by atoms with Crippen molar-refractivity contribution in [2.45, 2.75) is 12.5 Å². The Morgan fingerprint density at radius 1 is 1.47 bits per heavy atom. The van der Waals surface area contributed by atoms with Gasteiger partial charge in [-0.05, 0) is 18.2 Å². The molecule has 1 unspecified atom stereocenters. The molecule has 0 saturated carbocycles. The van der Waals surface area contributed by atoms with Crippen LogP contribution in [-0.4, -0.2) is 32.4 Å². The average Bonchev–Trinajstić information content (AvgIpc) is 2.80. The molecule has 0 bridgehead atoms. The fourth-order valence-corrected chi connectivity index (χ4v) is 2.14. The van der Waals surface area contributed by atoms with Gasteiger partial charge in [-0.2, -0.15) is 0 Å². The maximum atomic E-state index is 11.4. The zero-order valence-corrected chi connectivity index (χ0v) is 11.0. The molecule has 1 aliphatic rings. The SMILES string of the molecule is COC(=O)c1cc(Br)cc(OC2CCOC2)c1. The lowest BCUT2D eigenvalue weighted by Gasteiger charge is -2.13. The third kappa shape index (κ3) is 3.20. The molecule has 0 spiro atoms. The number of ether oxygens (including phenoxy) is 3. The fourth-order valence-electron chi connectivity index (χ4n) is 1.66. The van der Waals surface area contributed by atoms with E-state index in [0.717, 1.165) is 17.5 Å². The van der Waals surface area contributed by atoms with Gasteiger partial charge in [-0.3, -0.25) is 0 Å². The number of esters is 1. The normalized spacial score (nSPS) is 19.1. The largest absolute Gasteiger partial charge is 0.488 e. The molecule has 1 fully saturated rings. The maximum Gasteiger partial charge on any atom is 0.338 e. The summed E-state index contributed by atoms with van der Waals surface area (Å²) in [5, 5.41) is 0. The summed E-state index contributed by atoms with van der Waals surface area (Å²) >= 11 is 3.34. The van der Waals surface area contributed by atoms with Crippen LogP contribution in [0, 0.1) is 0 Å². The molecule has 5 heteroatoms. The molecular weight excluding hydrogens is 288 g/mol. The Bertz CT molecular complexity index is 413. The molecule has 0 amide bonds. The molecular formula is C12H13BrO4. The molecule has 1 aromatic carbocycles. The van der Waals surface area contributed by atoms with Crippen LogP contribution in [0.4, 0.5) is 0 Å².